The van der Waals surface area contributed by atoms with Crippen molar-refractivity contribution in [3.63, 3.8) is 0 Å². The largest absolute Gasteiger partial charge is 0.356 e. The number of anilines is 2. The van der Waals surface area contributed by atoms with E-state index >= 15 is 0 Å². The Balaban J connectivity index is 2.10. The van der Waals surface area contributed by atoms with Gasteiger partial charge in [-0.2, -0.15) is 0 Å². The van der Waals surface area contributed by atoms with Crippen LogP contribution in [0.3, 0.4) is 0 Å². The Labute approximate surface area is 124 Å². The highest BCUT2D eigenvalue weighted by atomic mass is 28.3. The van der Waals surface area contributed by atoms with Crippen LogP contribution in [0.2, 0.25) is 19.6 Å². The summed E-state index contributed by atoms with van der Waals surface area (Å²) < 4.78 is 0. The lowest BCUT2D eigenvalue weighted by Gasteiger charge is -2.17. The number of hydrogen-bond acceptors (Lipinski definition) is 1. The van der Waals surface area contributed by atoms with Crippen molar-refractivity contribution in [3.05, 3.63) is 54.1 Å². The van der Waals surface area contributed by atoms with Crippen LogP contribution in [0, 0.1) is 0 Å². The van der Waals surface area contributed by atoms with E-state index in [4.69, 9.17) is 0 Å². The van der Waals surface area contributed by atoms with Gasteiger partial charge in [0.2, 0.25) is 0 Å². The third-order valence-corrected chi connectivity index (χ3v) is 5.68. The van der Waals surface area contributed by atoms with E-state index in [1.165, 1.54) is 10.8 Å². The Bertz CT molecular complexity index is 547. The molecule has 0 aliphatic rings. The van der Waals surface area contributed by atoms with Gasteiger partial charge in [0.05, 0.1) is 8.07 Å². The van der Waals surface area contributed by atoms with Gasteiger partial charge in [0, 0.05) is 11.4 Å². The smallest absolute Gasteiger partial charge is 0.0775 e. The first-order valence-corrected chi connectivity index (χ1v) is 10.8. The first-order valence-electron chi connectivity index (χ1n) is 7.34. The molecule has 0 aromatic heterocycles. The summed E-state index contributed by atoms with van der Waals surface area (Å²) in [6.07, 6.45) is 0. The Morgan fingerprint density at radius 2 is 1.20 bits per heavy atom. The fourth-order valence-corrected chi connectivity index (χ4v) is 3.34. The second kappa shape index (κ2) is 5.84. The van der Waals surface area contributed by atoms with Crippen LogP contribution < -0.4 is 10.5 Å². The summed E-state index contributed by atoms with van der Waals surface area (Å²) in [6.45, 7) is 11.6. The minimum Gasteiger partial charge on any atom is -0.356 e. The zero-order valence-corrected chi connectivity index (χ0v) is 14.2. The van der Waals surface area contributed by atoms with Crippen molar-refractivity contribution in [2.45, 2.75) is 39.4 Å². The predicted octanol–water partition coefficient (Wildman–Crippen LogP) is 5.10. The lowest BCUT2D eigenvalue weighted by atomic mass is 10.0. The second-order valence-corrected chi connectivity index (χ2v) is 11.8. The van der Waals surface area contributed by atoms with Gasteiger partial charge in [0.25, 0.3) is 0 Å². The molecule has 106 valence electrons. The van der Waals surface area contributed by atoms with Gasteiger partial charge in [0.1, 0.15) is 0 Å². The number of benzene rings is 2. The summed E-state index contributed by atoms with van der Waals surface area (Å²) in [5.74, 6) is 0.583. The Morgan fingerprint density at radius 3 is 1.60 bits per heavy atom. The van der Waals surface area contributed by atoms with E-state index in [-0.39, 0.29) is 0 Å². The van der Waals surface area contributed by atoms with Gasteiger partial charge >= 0.3 is 0 Å². The molecule has 0 unspecified atom stereocenters. The maximum atomic E-state index is 3.46. The Kier molecular flexibility index (Phi) is 4.34. The summed E-state index contributed by atoms with van der Waals surface area (Å²) in [7, 11) is -1.20. The summed E-state index contributed by atoms with van der Waals surface area (Å²) in [5, 5.41) is 4.96. The molecule has 0 saturated heterocycles. The molecule has 20 heavy (non-hydrogen) atoms. The van der Waals surface area contributed by atoms with Gasteiger partial charge in [-0.1, -0.05) is 62.9 Å². The molecule has 0 aliphatic carbocycles. The predicted molar refractivity (Wildman–Crippen MR) is 93.2 cm³/mol. The van der Waals surface area contributed by atoms with Crippen molar-refractivity contribution in [2.75, 3.05) is 5.32 Å². The van der Waals surface area contributed by atoms with Crippen LogP contribution in [0.5, 0.6) is 0 Å². The van der Waals surface area contributed by atoms with Crippen molar-refractivity contribution >= 4 is 24.6 Å². The van der Waals surface area contributed by atoms with Gasteiger partial charge in [-0.3, -0.25) is 0 Å². The molecular weight excluding hydrogens is 258 g/mol. The highest BCUT2D eigenvalue weighted by molar-refractivity contribution is 6.88. The van der Waals surface area contributed by atoms with Crippen molar-refractivity contribution in [3.8, 4) is 0 Å². The molecule has 0 fully saturated rings. The van der Waals surface area contributed by atoms with Crippen LogP contribution in [0.1, 0.15) is 25.3 Å². The van der Waals surface area contributed by atoms with E-state index in [0.29, 0.717) is 5.92 Å². The van der Waals surface area contributed by atoms with Crippen LogP contribution >= 0.6 is 0 Å². The number of nitrogens with one attached hydrogen (secondary N) is 1. The highest BCUT2D eigenvalue weighted by Crippen LogP contribution is 2.20. The minimum absolute atomic E-state index is 0.583. The molecule has 2 heteroatoms. The van der Waals surface area contributed by atoms with Crippen LogP contribution in [0.15, 0.2) is 48.5 Å². The normalized spacial score (nSPS) is 11.7. The average Bonchev–Trinajstić information content (AvgIpc) is 2.39. The van der Waals surface area contributed by atoms with Crippen molar-refractivity contribution in [1.29, 1.82) is 0 Å². The zero-order chi connectivity index (χ0) is 14.8. The van der Waals surface area contributed by atoms with E-state index < -0.39 is 8.07 Å². The lowest BCUT2D eigenvalue weighted by Crippen LogP contribution is -2.37. The van der Waals surface area contributed by atoms with Crippen LogP contribution in [0.25, 0.3) is 0 Å². The number of hydrogen-bond donors (Lipinski definition) is 1. The zero-order valence-electron chi connectivity index (χ0n) is 13.2. The molecule has 2 aromatic carbocycles. The summed E-state index contributed by atoms with van der Waals surface area (Å²) in [4.78, 5) is 0. The Morgan fingerprint density at radius 1 is 0.750 bits per heavy atom. The molecule has 0 heterocycles. The molecule has 2 aromatic rings. The number of rotatable bonds is 4. The summed E-state index contributed by atoms with van der Waals surface area (Å²) >= 11 is 0. The maximum Gasteiger partial charge on any atom is 0.0775 e. The van der Waals surface area contributed by atoms with Crippen LogP contribution in [-0.4, -0.2) is 8.07 Å². The van der Waals surface area contributed by atoms with Gasteiger partial charge in [-0.15, -0.1) is 0 Å². The standard InChI is InChI=1S/C18H25NSi/c1-14(2)15-6-8-16(9-7-15)19-17-10-12-18(13-11-17)20(3,4)5/h6-14,19H,1-5H3. The first kappa shape index (κ1) is 14.9. The third-order valence-electron chi connectivity index (χ3n) is 3.62. The molecular formula is C18H25NSi. The van der Waals surface area contributed by atoms with E-state index in [0.717, 1.165) is 11.4 Å². The molecule has 0 radical (unpaired) electrons. The molecule has 0 amide bonds. The molecule has 0 bridgehead atoms. The molecule has 0 atom stereocenters. The van der Waals surface area contributed by atoms with E-state index in [1.54, 1.807) is 0 Å². The lowest BCUT2D eigenvalue weighted by molar-refractivity contribution is 0.867. The van der Waals surface area contributed by atoms with Gasteiger partial charge in [-0.25, -0.2) is 0 Å². The van der Waals surface area contributed by atoms with Gasteiger partial charge in [0.15, 0.2) is 0 Å². The van der Waals surface area contributed by atoms with E-state index in [1.807, 2.05) is 0 Å². The maximum absolute atomic E-state index is 3.46. The third kappa shape index (κ3) is 3.73. The highest BCUT2D eigenvalue weighted by Gasteiger charge is 2.15. The van der Waals surface area contributed by atoms with Crippen molar-refractivity contribution < 1.29 is 0 Å². The Hall–Kier alpha value is -1.54. The van der Waals surface area contributed by atoms with E-state index in [9.17, 15) is 0 Å². The fraction of sp³-hybridized carbons (Fsp3) is 0.333. The molecule has 0 saturated carbocycles. The van der Waals surface area contributed by atoms with Gasteiger partial charge in [-0.05, 0) is 35.7 Å². The first-order chi connectivity index (χ1) is 9.36. The molecule has 1 N–H and O–H groups in total. The molecule has 0 aliphatic heterocycles. The second-order valence-electron chi connectivity index (χ2n) is 6.73. The quantitative estimate of drug-likeness (QED) is 0.770. The van der Waals surface area contributed by atoms with E-state index in [2.05, 4.69) is 87.3 Å². The molecule has 0 spiro atoms. The van der Waals surface area contributed by atoms with Crippen molar-refractivity contribution in [1.82, 2.24) is 0 Å². The molecule has 2 rings (SSSR count). The van der Waals surface area contributed by atoms with Crippen molar-refractivity contribution in [2.24, 2.45) is 0 Å². The molecule has 1 nitrogen and oxygen atoms in total. The SMILES string of the molecule is CC(C)c1ccc(Nc2ccc([Si](C)(C)C)cc2)cc1. The monoisotopic (exact) mass is 283 g/mol. The minimum atomic E-state index is -1.20. The van der Waals surface area contributed by atoms with Crippen LogP contribution in [0.4, 0.5) is 11.4 Å². The fourth-order valence-electron chi connectivity index (χ4n) is 2.17. The topological polar surface area (TPSA) is 12.0 Å². The summed E-state index contributed by atoms with van der Waals surface area (Å²) in [5.41, 5.74) is 3.68. The van der Waals surface area contributed by atoms with Gasteiger partial charge < -0.3 is 5.32 Å². The average molecular weight is 283 g/mol. The summed E-state index contributed by atoms with van der Waals surface area (Å²) in [6, 6.07) is 17.6. The van der Waals surface area contributed by atoms with Crippen LogP contribution in [-0.2, 0) is 0 Å².